The van der Waals surface area contributed by atoms with Crippen molar-refractivity contribution in [1.82, 2.24) is 4.90 Å². The first-order valence-corrected chi connectivity index (χ1v) is 5.79. The van der Waals surface area contributed by atoms with Crippen molar-refractivity contribution in [1.29, 1.82) is 10.5 Å². The summed E-state index contributed by atoms with van der Waals surface area (Å²) >= 11 is 0. The van der Waals surface area contributed by atoms with Gasteiger partial charge in [0.2, 0.25) is 5.91 Å². The quantitative estimate of drug-likeness (QED) is 0.806. The lowest BCUT2D eigenvalue weighted by atomic mass is 10.1. The zero-order valence-electron chi connectivity index (χ0n) is 10.1. The number of hydrogen-bond acceptors (Lipinski definition) is 4. The van der Waals surface area contributed by atoms with E-state index < -0.39 is 6.23 Å². The molecular formula is C14H11N3O2. The highest BCUT2D eigenvalue weighted by Crippen LogP contribution is 2.30. The lowest BCUT2D eigenvalue weighted by molar-refractivity contribution is -0.128. The number of aliphatic hydroxyl groups excluding tert-OH is 1. The Balaban J connectivity index is 2.61. The van der Waals surface area contributed by atoms with Crippen LogP contribution in [0.4, 0.5) is 0 Å². The summed E-state index contributed by atoms with van der Waals surface area (Å²) in [4.78, 5) is 13.0. The Kier molecular flexibility index (Phi) is 3.61. The molecule has 1 N–H and O–H groups in total. The van der Waals surface area contributed by atoms with Crippen molar-refractivity contribution in [2.45, 2.75) is 19.1 Å². The molecule has 0 spiro atoms. The summed E-state index contributed by atoms with van der Waals surface area (Å²) in [5.74, 6) is -0.283. The van der Waals surface area contributed by atoms with Crippen LogP contribution < -0.4 is 0 Å². The van der Waals surface area contributed by atoms with Crippen LogP contribution in [0.15, 0.2) is 35.9 Å². The molecule has 1 aliphatic heterocycles. The van der Waals surface area contributed by atoms with Crippen molar-refractivity contribution in [2.24, 2.45) is 0 Å². The third-order valence-electron chi connectivity index (χ3n) is 2.93. The topological polar surface area (TPSA) is 88.1 Å². The highest BCUT2D eigenvalue weighted by Gasteiger charge is 2.34. The predicted octanol–water partition coefficient (Wildman–Crippen LogP) is 1.39. The van der Waals surface area contributed by atoms with Crippen molar-refractivity contribution >= 4 is 11.6 Å². The highest BCUT2D eigenvalue weighted by molar-refractivity contribution is 5.91. The van der Waals surface area contributed by atoms with Gasteiger partial charge in [0.1, 0.15) is 18.4 Å². The van der Waals surface area contributed by atoms with E-state index in [1.807, 2.05) is 0 Å². The van der Waals surface area contributed by atoms with Gasteiger partial charge in [-0.15, -0.1) is 0 Å². The molecule has 5 nitrogen and oxygen atoms in total. The molecular weight excluding hydrogens is 242 g/mol. The molecule has 0 saturated carbocycles. The Morgan fingerprint density at radius 3 is 2.37 bits per heavy atom. The van der Waals surface area contributed by atoms with E-state index in [0.29, 0.717) is 12.0 Å². The van der Waals surface area contributed by atoms with Gasteiger partial charge in [0.25, 0.3) is 0 Å². The van der Waals surface area contributed by atoms with Crippen LogP contribution in [0.3, 0.4) is 0 Å². The summed E-state index contributed by atoms with van der Waals surface area (Å²) < 4.78 is 0. The van der Waals surface area contributed by atoms with E-state index in [9.17, 15) is 9.90 Å². The fourth-order valence-corrected chi connectivity index (χ4v) is 2.07. The molecule has 2 rings (SSSR count). The molecule has 1 fully saturated rings. The number of likely N-dealkylation sites (tertiary alicyclic amines) is 1. The summed E-state index contributed by atoms with van der Waals surface area (Å²) in [5.41, 5.74) is 0.566. The number of carbonyl (C=O) groups is 1. The van der Waals surface area contributed by atoms with Crippen LogP contribution in [0.2, 0.25) is 0 Å². The van der Waals surface area contributed by atoms with E-state index in [-0.39, 0.29) is 23.6 Å². The fourth-order valence-electron chi connectivity index (χ4n) is 2.07. The number of benzene rings is 1. The first kappa shape index (κ1) is 12.8. The van der Waals surface area contributed by atoms with Gasteiger partial charge in [0.15, 0.2) is 5.57 Å². The average Bonchev–Trinajstić information content (AvgIpc) is 2.77. The fraction of sp³-hybridized carbons (Fsp3) is 0.214. The summed E-state index contributed by atoms with van der Waals surface area (Å²) in [5, 5.41) is 28.0. The summed E-state index contributed by atoms with van der Waals surface area (Å²) in [6.07, 6.45) is -0.472. The third kappa shape index (κ3) is 2.33. The minimum atomic E-state index is -0.987. The van der Waals surface area contributed by atoms with Crippen LogP contribution in [-0.2, 0) is 4.79 Å². The average molecular weight is 253 g/mol. The maximum Gasteiger partial charge on any atom is 0.229 e. The molecule has 0 aromatic heterocycles. The molecule has 0 aliphatic carbocycles. The van der Waals surface area contributed by atoms with Crippen LogP contribution in [0.5, 0.6) is 0 Å². The lowest BCUT2D eigenvalue weighted by Crippen LogP contribution is -2.32. The van der Waals surface area contributed by atoms with Crippen LogP contribution >= 0.6 is 0 Å². The molecule has 1 aromatic carbocycles. The Morgan fingerprint density at radius 2 is 1.89 bits per heavy atom. The van der Waals surface area contributed by atoms with Gasteiger partial charge in [-0.2, -0.15) is 10.5 Å². The number of nitrogens with zero attached hydrogens (tertiary/aromatic N) is 3. The maximum absolute atomic E-state index is 11.8. The number of rotatable bonds is 2. The monoisotopic (exact) mass is 253 g/mol. The number of aliphatic hydroxyl groups is 1. The number of amides is 1. The van der Waals surface area contributed by atoms with Gasteiger partial charge in [0.05, 0.1) is 5.70 Å². The van der Waals surface area contributed by atoms with Crippen molar-refractivity contribution in [2.75, 3.05) is 0 Å². The zero-order chi connectivity index (χ0) is 13.8. The molecule has 1 aliphatic rings. The second kappa shape index (κ2) is 5.34. The van der Waals surface area contributed by atoms with E-state index in [1.54, 1.807) is 42.5 Å². The minimum Gasteiger partial charge on any atom is -0.373 e. The van der Waals surface area contributed by atoms with Gasteiger partial charge in [-0.25, -0.2) is 0 Å². The normalized spacial score (nSPS) is 17.7. The zero-order valence-corrected chi connectivity index (χ0v) is 10.1. The van der Waals surface area contributed by atoms with Crippen molar-refractivity contribution < 1.29 is 9.90 Å². The summed E-state index contributed by atoms with van der Waals surface area (Å²) in [6.45, 7) is 0. The first-order valence-electron chi connectivity index (χ1n) is 5.79. The Hall–Kier alpha value is -2.63. The van der Waals surface area contributed by atoms with E-state index in [0.717, 1.165) is 4.90 Å². The van der Waals surface area contributed by atoms with Crippen molar-refractivity contribution in [3.63, 3.8) is 0 Å². The molecule has 1 amide bonds. The molecule has 5 heteroatoms. The Morgan fingerprint density at radius 1 is 1.26 bits per heavy atom. The van der Waals surface area contributed by atoms with E-state index >= 15 is 0 Å². The molecule has 1 saturated heterocycles. The van der Waals surface area contributed by atoms with E-state index in [4.69, 9.17) is 10.5 Å². The van der Waals surface area contributed by atoms with Crippen molar-refractivity contribution in [3.8, 4) is 12.1 Å². The highest BCUT2D eigenvalue weighted by atomic mass is 16.3. The number of allylic oxidation sites excluding steroid dienone is 1. The Labute approximate surface area is 110 Å². The minimum absolute atomic E-state index is 0.180. The molecule has 0 bridgehead atoms. The van der Waals surface area contributed by atoms with Gasteiger partial charge in [0, 0.05) is 18.4 Å². The van der Waals surface area contributed by atoms with Gasteiger partial charge in [-0.05, 0) is 0 Å². The number of hydrogen-bond donors (Lipinski definition) is 1. The van der Waals surface area contributed by atoms with Gasteiger partial charge >= 0.3 is 0 Å². The van der Waals surface area contributed by atoms with Crippen LogP contribution in [0.25, 0.3) is 5.70 Å². The molecule has 1 unspecified atom stereocenters. The Bertz CT molecular complexity index is 592. The standard InChI is InChI=1S/C14H11N3O2/c15-8-11(9-16)14(10-4-2-1-3-5-10)17-12(18)6-7-13(17)19/h1-5,12,18H,6-7H2. The van der Waals surface area contributed by atoms with E-state index in [1.165, 1.54) is 0 Å². The second-order valence-corrected chi connectivity index (χ2v) is 4.10. The van der Waals surface area contributed by atoms with Gasteiger partial charge < -0.3 is 5.11 Å². The van der Waals surface area contributed by atoms with Crippen molar-refractivity contribution in [3.05, 3.63) is 41.5 Å². The first-order chi connectivity index (χ1) is 9.19. The number of nitriles is 2. The molecule has 1 aromatic rings. The molecule has 1 atom stereocenters. The molecule has 19 heavy (non-hydrogen) atoms. The second-order valence-electron chi connectivity index (χ2n) is 4.10. The van der Waals surface area contributed by atoms with Crippen LogP contribution in [-0.4, -0.2) is 22.1 Å². The van der Waals surface area contributed by atoms with Gasteiger partial charge in [-0.3, -0.25) is 9.69 Å². The van der Waals surface area contributed by atoms with Crippen LogP contribution in [0.1, 0.15) is 18.4 Å². The molecule has 0 radical (unpaired) electrons. The summed E-state index contributed by atoms with van der Waals surface area (Å²) in [6, 6.07) is 12.2. The third-order valence-corrected chi connectivity index (χ3v) is 2.93. The largest absolute Gasteiger partial charge is 0.373 e. The van der Waals surface area contributed by atoms with Crippen LogP contribution in [0, 0.1) is 22.7 Å². The number of carbonyl (C=O) groups excluding carboxylic acids is 1. The predicted molar refractivity (Wildman–Crippen MR) is 66.7 cm³/mol. The van der Waals surface area contributed by atoms with Gasteiger partial charge in [-0.1, -0.05) is 30.3 Å². The summed E-state index contributed by atoms with van der Waals surface area (Å²) in [7, 11) is 0. The smallest absolute Gasteiger partial charge is 0.229 e. The molecule has 94 valence electrons. The molecule has 1 heterocycles. The lowest BCUT2D eigenvalue weighted by Gasteiger charge is -2.24. The van der Waals surface area contributed by atoms with E-state index in [2.05, 4.69) is 0 Å². The SMILES string of the molecule is N#CC(C#N)=C(c1ccccc1)N1C(=O)CCC1O. The maximum atomic E-state index is 11.8.